The van der Waals surface area contributed by atoms with E-state index in [1.165, 1.54) is 31.0 Å². The van der Waals surface area contributed by atoms with Crippen molar-refractivity contribution >= 4 is 28.7 Å². The lowest BCUT2D eigenvalue weighted by Gasteiger charge is -2.17. The van der Waals surface area contributed by atoms with Gasteiger partial charge in [0.25, 0.3) is 0 Å². The molecule has 1 aromatic rings. The van der Waals surface area contributed by atoms with Crippen molar-refractivity contribution < 1.29 is 19.1 Å². The molecule has 0 radical (unpaired) electrons. The summed E-state index contributed by atoms with van der Waals surface area (Å²) >= 11 is 1.38. The first-order valence-electron chi connectivity index (χ1n) is 10.1. The van der Waals surface area contributed by atoms with Crippen LogP contribution >= 0.6 is 11.8 Å². The van der Waals surface area contributed by atoms with Crippen LogP contribution in [0.1, 0.15) is 44.1 Å². The summed E-state index contributed by atoms with van der Waals surface area (Å²) in [4.78, 5) is 29.1. The maximum Gasteiger partial charge on any atom is 0.240 e. The molecule has 29 heavy (non-hydrogen) atoms. The van der Waals surface area contributed by atoms with E-state index in [1.807, 2.05) is 18.2 Å². The van der Waals surface area contributed by atoms with Gasteiger partial charge in [-0.15, -0.1) is 0 Å². The summed E-state index contributed by atoms with van der Waals surface area (Å²) in [6.45, 7) is 0.496. The van der Waals surface area contributed by atoms with E-state index >= 15 is 0 Å². The fourth-order valence-corrected chi connectivity index (χ4v) is 4.64. The number of methoxy groups -OCH3 is 2. The van der Waals surface area contributed by atoms with Crippen LogP contribution in [0.4, 0.5) is 0 Å². The standard InChI is InChI=1S/C21H29N3O4S/c1-27-16-9-8-14(12-17(16)28-2)10-11-22-19(25)13-18-20(26)24-21(29-18)23-15-6-4-3-5-7-15/h8-9,12,15,18H,3-7,10-11,13H2,1-2H3,(H,22,25)(H,23,24,26). The summed E-state index contributed by atoms with van der Waals surface area (Å²) in [5.41, 5.74) is 1.04. The monoisotopic (exact) mass is 419 g/mol. The molecule has 1 aliphatic heterocycles. The molecular formula is C21H29N3O4S. The highest BCUT2D eigenvalue weighted by Gasteiger charge is 2.32. The maximum absolute atomic E-state index is 12.3. The Labute approximate surface area is 176 Å². The van der Waals surface area contributed by atoms with E-state index in [2.05, 4.69) is 15.6 Å². The highest BCUT2D eigenvalue weighted by molar-refractivity contribution is 8.15. The molecule has 1 atom stereocenters. The van der Waals surface area contributed by atoms with Crippen LogP contribution in [0.5, 0.6) is 11.5 Å². The molecule has 1 aliphatic carbocycles. The third-order valence-corrected chi connectivity index (χ3v) is 6.30. The second-order valence-electron chi connectivity index (χ2n) is 7.32. The van der Waals surface area contributed by atoms with E-state index in [0.717, 1.165) is 18.4 Å². The first-order valence-corrected chi connectivity index (χ1v) is 11.0. The van der Waals surface area contributed by atoms with Gasteiger partial charge in [-0.05, 0) is 37.0 Å². The van der Waals surface area contributed by atoms with Crippen LogP contribution in [0.25, 0.3) is 0 Å². The summed E-state index contributed by atoms with van der Waals surface area (Å²) in [5.74, 6) is 1.09. The lowest BCUT2D eigenvalue weighted by Crippen LogP contribution is -2.32. The molecule has 8 heteroatoms. The van der Waals surface area contributed by atoms with Crippen molar-refractivity contribution in [3.05, 3.63) is 23.8 Å². The zero-order chi connectivity index (χ0) is 20.6. The zero-order valence-corrected chi connectivity index (χ0v) is 17.8. The van der Waals surface area contributed by atoms with Crippen LogP contribution in [0.2, 0.25) is 0 Å². The summed E-state index contributed by atoms with van der Waals surface area (Å²) in [5, 5.41) is 5.99. The zero-order valence-electron chi connectivity index (χ0n) is 17.0. The second kappa shape index (κ2) is 10.5. The minimum absolute atomic E-state index is 0.125. The number of nitrogens with zero attached hydrogens (tertiary/aromatic N) is 1. The molecule has 1 aromatic carbocycles. The fourth-order valence-electron chi connectivity index (χ4n) is 3.60. The number of amides is 2. The Morgan fingerprint density at radius 3 is 2.69 bits per heavy atom. The number of amidine groups is 1. The summed E-state index contributed by atoms with van der Waals surface area (Å²) in [6.07, 6.45) is 6.67. The van der Waals surface area contributed by atoms with Crippen molar-refractivity contribution in [1.82, 2.24) is 10.6 Å². The summed E-state index contributed by atoms with van der Waals surface area (Å²) < 4.78 is 10.5. The van der Waals surface area contributed by atoms with Gasteiger partial charge in [-0.25, -0.2) is 0 Å². The molecule has 1 saturated carbocycles. The minimum Gasteiger partial charge on any atom is -0.493 e. The van der Waals surface area contributed by atoms with Gasteiger partial charge in [-0.3, -0.25) is 14.6 Å². The SMILES string of the molecule is COc1ccc(CCNC(=O)CC2SC(=NC3CCCCC3)NC2=O)cc1OC. The topological polar surface area (TPSA) is 89.0 Å². The van der Waals surface area contributed by atoms with Gasteiger partial charge < -0.3 is 20.1 Å². The summed E-state index contributed by atoms with van der Waals surface area (Å²) in [6, 6.07) is 6.00. The Kier molecular flexibility index (Phi) is 7.80. The predicted molar refractivity (Wildman–Crippen MR) is 115 cm³/mol. The van der Waals surface area contributed by atoms with Crippen molar-refractivity contribution in [2.45, 2.75) is 56.2 Å². The average molecular weight is 420 g/mol. The van der Waals surface area contributed by atoms with Gasteiger partial charge in [0.05, 0.1) is 20.3 Å². The van der Waals surface area contributed by atoms with Crippen LogP contribution in [-0.2, 0) is 16.0 Å². The van der Waals surface area contributed by atoms with E-state index in [1.54, 1.807) is 14.2 Å². The van der Waals surface area contributed by atoms with Crippen molar-refractivity contribution in [1.29, 1.82) is 0 Å². The molecule has 7 nitrogen and oxygen atoms in total. The lowest BCUT2D eigenvalue weighted by molar-refractivity contribution is -0.125. The van der Waals surface area contributed by atoms with Crippen LogP contribution < -0.4 is 20.1 Å². The van der Waals surface area contributed by atoms with Gasteiger partial charge in [0.15, 0.2) is 16.7 Å². The van der Waals surface area contributed by atoms with Crippen LogP contribution in [0, 0.1) is 0 Å². The van der Waals surface area contributed by atoms with Gasteiger partial charge in [0.1, 0.15) is 5.25 Å². The first-order chi connectivity index (χ1) is 14.1. The number of hydrogen-bond donors (Lipinski definition) is 2. The maximum atomic E-state index is 12.3. The molecule has 3 rings (SSSR count). The number of carbonyl (C=O) groups excluding carboxylic acids is 2. The average Bonchev–Trinajstić information content (AvgIpc) is 3.07. The van der Waals surface area contributed by atoms with Gasteiger partial charge in [0.2, 0.25) is 11.8 Å². The summed E-state index contributed by atoms with van der Waals surface area (Å²) in [7, 11) is 3.19. The second-order valence-corrected chi connectivity index (χ2v) is 8.51. The number of nitrogens with one attached hydrogen (secondary N) is 2. The number of benzene rings is 1. The molecule has 1 unspecified atom stereocenters. The molecule has 2 aliphatic rings. The van der Waals surface area contributed by atoms with E-state index in [-0.39, 0.29) is 18.2 Å². The third kappa shape index (κ3) is 6.13. The number of carbonyl (C=O) groups is 2. The van der Waals surface area contributed by atoms with Crippen LogP contribution in [-0.4, -0.2) is 49.0 Å². The van der Waals surface area contributed by atoms with Crippen molar-refractivity contribution in [2.24, 2.45) is 4.99 Å². The number of hydrogen-bond acceptors (Lipinski definition) is 6. The fraction of sp³-hybridized carbons (Fsp3) is 0.571. The Balaban J connectivity index is 1.43. The van der Waals surface area contributed by atoms with Gasteiger partial charge in [0, 0.05) is 13.0 Å². The highest BCUT2D eigenvalue weighted by atomic mass is 32.2. The molecule has 0 bridgehead atoms. The molecular weight excluding hydrogens is 390 g/mol. The Hall–Kier alpha value is -2.22. The number of thioether (sulfide) groups is 1. The molecule has 2 fully saturated rings. The number of aliphatic imine (C=N–C) groups is 1. The van der Waals surface area contributed by atoms with E-state index in [4.69, 9.17) is 9.47 Å². The van der Waals surface area contributed by atoms with Gasteiger partial charge >= 0.3 is 0 Å². The molecule has 2 N–H and O–H groups in total. The predicted octanol–water partition coefficient (Wildman–Crippen LogP) is 2.67. The third-order valence-electron chi connectivity index (χ3n) is 5.21. The van der Waals surface area contributed by atoms with Gasteiger partial charge in [-0.2, -0.15) is 0 Å². The largest absolute Gasteiger partial charge is 0.493 e. The Morgan fingerprint density at radius 2 is 1.97 bits per heavy atom. The lowest BCUT2D eigenvalue weighted by atomic mass is 9.96. The van der Waals surface area contributed by atoms with E-state index in [9.17, 15) is 9.59 Å². The Bertz CT molecular complexity index is 762. The Morgan fingerprint density at radius 1 is 1.21 bits per heavy atom. The van der Waals surface area contributed by atoms with Crippen molar-refractivity contribution in [2.75, 3.05) is 20.8 Å². The molecule has 158 valence electrons. The van der Waals surface area contributed by atoms with Crippen LogP contribution in [0.15, 0.2) is 23.2 Å². The van der Waals surface area contributed by atoms with Gasteiger partial charge in [-0.1, -0.05) is 37.1 Å². The smallest absolute Gasteiger partial charge is 0.240 e. The number of rotatable bonds is 8. The van der Waals surface area contributed by atoms with Crippen molar-refractivity contribution in [3.63, 3.8) is 0 Å². The first kappa shape index (κ1) is 21.5. The highest BCUT2D eigenvalue weighted by Crippen LogP contribution is 2.28. The quantitative estimate of drug-likeness (QED) is 0.676. The molecule has 0 spiro atoms. The molecule has 2 amide bonds. The van der Waals surface area contributed by atoms with E-state index < -0.39 is 5.25 Å². The minimum atomic E-state index is -0.404. The molecule has 0 aromatic heterocycles. The van der Waals surface area contributed by atoms with Crippen molar-refractivity contribution in [3.8, 4) is 11.5 Å². The van der Waals surface area contributed by atoms with Crippen LogP contribution in [0.3, 0.4) is 0 Å². The van der Waals surface area contributed by atoms with E-state index in [0.29, 0.717) is 35.7 Å². The molecule has 1 heterocycles. The normalized spacial score (nSPS) is 21.1. The molecule has 1 saturated heterocycles. The number of ether oxygens (including phenoxy) is 2.